The third-order valence-corrected chi connectivity index (χ3v) is 3.37. The van der Waals surface area contributed by atoms with Crippen molar-refractivity contribution in [1.29, 1.82) is 0 Å². The van der Waals surface area contributed by atoms with Gasteiger partial charge in [-0.3, -0.25) is 0 Å². The number of nitrogens with zero attached hydrogens (tertiary/aromatic N) is 2. The third kappa shape index (κ3) is 2.35. The maximum absolute atomic E-state index is 9.56. The molecule has 3 aromatic rings. The number of imidazole rings is 1. The number of pyridine rings is 1. The molecule has 19 heavy (non-hydrogen) atoms. The van der Waals surface area contributed by atoms with Crippen LogP contribution in [0.2, 0.25) is 5.02 Å². The molecule has 0 radical (unpaired) electrons. The second-order valence-electron chi connectivity index (χ2n) is 4.40. The maximum atomic E-state index is 9.56. The van der Waals surface area contributed by atoms with Gasteiger partial charge in [-0.15, -0.1) is 0 Å². The number of aliphatic hydroxyl groups excluding tert-OH is 1. The van der Waals surface area contributed by atoms with Crippen molar-refractivity contribution in [2.45, 2.75) is 13.0 Å². The van der Waals surface area contributed by atoms with Gasteiger partial charge in [0.05, 0.1) is 18.0 Å². The first kappa shape index (κ1) is 12.2. The number of fused-ring (bicyclic) bond motifs is 1. The minimum Gasteiger partial charge on any atom is -0.390 e. The SMILES string of the molecule is OCc1c(Cc2ccccc2)nc2cc(Cl)ccn12. The van der Waals surface area contributed by atoms with Gasteiger partial charge in [0.2, 0.25) is 0 Å². The lowest BCUT2D eigenvalue weighted by atomic mass is 10.1. The van der Waals surface area contributed by atoms with Gasteiger partial charge in [0.1, 0.15) is 5.65 Å². The molecule has 0 saturated carbocycles. The Morgan fingerprint density at radius 2 is 1.95 bits per heavy atom. The third-order valence-electron chi connectivity index (χ3n) is 3.13. The lowest BCUT2D eigenvalue weighted by Gasteiger charge is -2.02. The Hall–Kier alpha value is -1.84. The molecule has 0 saturated heterocycles. The fourth-order valence-electron chi connectivity index (χ4n) is 2.22. The zero-order chi connectivity index (χ0) is 13.2. The molecule has 0 aliphatic carbocycles. The predicted molar refractivity (Wildman–Crippen MR) is 75.4 cm³/mol. The van der Waals surface area contributed by atoms with Crippen molar-refractivity contribution < 1.29 is 5.11 Å². The predicted octanol–water partition coefficient (Wildman–Crippen LogP) is 3.07. The summed E-state index contributed by atoms with van der Waals surface area (Å²) in [5, 5.41) is 10.2. The number of benzene rings is 1. The fraction of sp³-hybridized carbons (Fsp3) is 0.133. The molecule has 2 aromatic heterocycles. The number of aliphatic hydroxyl groups is 1. The summed E-state index contributed by atoms with van der Waals surface area (Å²) in [7, 11) is 0. The first-order chi connectivity index (χ1) is 9.28. The highest BCUT2D eigenvalue weighted by Crippen LogP contribution is 2.19. The largest absolute Gasteiger partial charge is 0.390 e. The molecule has 0 amide bonds. The Morgan fingerprint density at radius 3 is 2.68 bits per heavy atom. The van der Waals surface area contributed by atoms with Crippen LogP contribution in [0, 0.1) is 0 Å². The summed E-state index contributed by atoms with van der Waals surface area (Å²) < 4.78 is 1.88. The van der Waals surface area contributed by atoms with Crippen LogP contribution in [0.25, 0.3) is 5.65 Å². The molecule has 3 nitrogen and oxygen atoms in total. The molecule has 0 aliphatic heterocycles. The summed E-state index contributed by atoms with van der Waals surface area (Å²) >= 11 is 5.97. The standard InChI is InChI=1S/C15H13ClN2O/c16-12-6-7-18-14(10-19)13(17-15(18)9-12)8-11-4-2-1-3-5-11/h1-7,9,19H,8,10H2. The molecule has 0 bridgehead atoms. The normalized spacial score (nSPS) is 11.1. The second kappa shape index (κ2) is 5.03. The van der Waals surface area contributed by atoms with Gasteiger partial charge in [0, 0.05) is 23.7 Å². The molecular formula is C15H13ClN2O. The summed E-state index contributed by atoms with van der Waals surface area (Å²) in [5.74, 6) is 0. The van der Waals surface area contributed by atoms with Crippen molar-refractivity contribution in [3.63, 3.8) is 0 Å². The van der Waals surface area contributed by atoms with Crippen molar-refractivity contribution in [1.82, 2.24) is 9.38 Å². The van der Waals surface area contributed by atoms with Crippen LogP contribution in [0.4, 0.5) is 0 Å². The fourth-order valence-corrected chi connectivity index (χ4v) is 2.37. The van der Waals surface area contributed by atoms with Crippen LogP contribution in [-0.2, 0) is 13.0 Å². The van der Waals surface area contributed by atoms with Gasteiger partial charge in [-0.05, 0) is 11.6 Å². The number of hydrogen-bond acceptors (Lipinski definition) is 2. The van der Waals surface area contributed by atoms with E-state index in [-0.39, 0.29) is 6.61 Å². The van der Waals surface area contributed by atoms with E-state index in [0.29, 0.717) is 11.4 Å². The highest BCUT2D eigenvalue weighted by Gasteiger charge is 2.11. The Bertz CT molecular complexity index is 707. The van der Waals surface area contributed by atoms with E-state index >= 15 is 0 Å². The highest BCUT2D eigenvalue weighted by atomic mass is 35.5. The first-order valence-corrected chi connectivity index (χ1v) is 6.46. The van der Waals surface area contributed by atoms with Crippen molar-refractivity contribution >= 4 is 17.2 Å². The second-order valence-corrected chi connectivity index (χ2v) is 4.84. The molecular weight excluding hydrogens is 260 g/mol. The summed E-state index contributed by atoms with van der Waals surface area (Å²) in [5.41, 5.74) is 3.64. The summed E-state index contributed by atoms with van der Waals surface area (Å²) in [6, 6.07) is 13.7. The quantitative estimate of drug-likeness (QED) is 0.796. The molecule has 96 valence electrons. The zero-order valence-electron chi connectivity index (χ0n) is 10.3. The van der Waals surface area contributed by atoms with Gasteiger partial charge in [0.15, 0.2) is 0 Å². The van der Waals surface area contributed by atoms with Gasteiger partial charge in [-0.2, -0.15) is 0 Å². The van der Waals surface area contributed by atoms with Crippen LogP contribution in [0.3, 0.4) is 0 Å². The number of rotatable bonds is 3. The Kier molecular flexibility index (Phi) is 3.23. The van der Waals surface area contributed by atoms with Crippen LogP contribution in [0.5, 0.6) is 0 Å². The maximum Gasteiger partial charge on any atom is 0.138 e. The Labute approximate surface area is 116 Å². The minimum atomic E-state index is -0.0367. The van der Waals surface area contributed by atoms with Crippen molar-refractivity contribution in [2.24, 2.45) is 0 Å². The van der Waals surface area contributed by atoms with Gasteiger partial charge >= 0.3 is 0 Å². The van der Waals surface area contributed by atoms with Crippen LogP contribution < -0.4 is 0 Å². The summed E-state index contributed by atoms with van der Waals surface area (Å²) in [6.45, 7) is -0.0367. The van der Waals surface area contributed by atoms with Crippen molar-refractivity contribution in [2.75, 3.05) is 0 Å². The van der Waals surface area contributed by atoms with E-state index in [0.717, 1.165) is 17.0 Å². The molecule has 1 aromatic carbocycles. The number of aromatic nitrogens is 2. The molecule has 0 aliphatic rings. The highest BCUT2D eigenvalue weighted by molar-refractivity contribution is 6.30. The van der Waals surface area contributed by atoms with E-state index < -0.39 is 0 Å². The number of hydrogen-bond donors (Lipinski definition) is 1. The van der Waals surface area contributed by atoms with Gasteiger partial charge in [-0.25, -0.2) is 4.98 Å². The molecule has 4 heteroatoms. The molecule has 0 unspecified atom stereocenters. The minimum absolute atomic E-state index is 0.0367. The monoisotopic (exact) mass is 272 g/mol. The van der Waals surface area contributed by atoms with Gasteiger partial charge < -0.3 is 9.51 Å². The molecule has 3 rings (SSSR count). The van der Waals surface area contributed by atoms with E-state index in [9.17, 15) is 5.11 Å². The van der Waals surface area contributed by atoms with Gasteiger partial charge in [-0.1, -0.05) is 41.9 Å². The lowest BCUT2D eigenvalue weighted by molar-refractivity contribution is 0.274. The Balaban J connectivity index is 2.08. The smallest absolute Gasteiger partial charge is 0.138 e. The van der Waals surface area contributed by atoms with Crippen LogP contribution in [-0.4, -0.2) is 14.5 Å². The molecule has 0 fully saturated rings. The molecule has 0 spiro atoms. The van der Waals surface area contributed by atoms with E-state index in [1.807, 2.05) is 28.8 Å². The summed E-state index contributed by atoms with van der Waals surface area (Å²) in [6.07, 6.45) is 2.54. The molecule has 2 heterocycles. The van der Waals surface area contributed by atoms with Crippen LogP contribution in [0.1, 0.15) is 17.0 Å². The van der Waals surface area contributed by atoms with E-state index in [4.69, 9.17) is 11.6 Å². The Morgan fingerprint density at radius 1 is 1.16 bits per heavy atom. The van der Waals surface area contributed by atoms with Gasteiger partial charge in [0.25, 0.3) is 0 Å². The first-order valence-electron chi connectivity index (χ1n) is 6.08. The van der Waals surface area contributed by atoms with Crippen LogP contribution in [0.15, 0.2) is 48.7 Å². The van der Waals surface area contributed by atoms with Crippen molar-refractivity contribution in [3.8, 4) is 0 Å². The number of halogens is 1. The topological polar surface area (TPSA) is 37.5 Å². The average Bonchev–Trinajstić information content (AvgIpc) is 2.76. The van der Waals surface area contributed by atoms with E-state index in [2.05, 4.69) is 17.1 Å². The zero-order valence-corrected chi connectivity index (χ0v) is 11.0. The van der Waals surface area contributed by atoms with Crippen LogP contribution >= 0.6 is 11.6 Å². The molecule has 0 atom stereocenters. The van der Waals surface area contributed by atoms with Crippen molar-refractivity contribution in [3.05, 3.63) is 70.6 Å². The van der Waals surface area contributed by atoms with E-state index in [1.54, 1.807) is 12.1 Å². The van der Waals surface area contributed by atoms with E-state index in [1.165, 1.54) is 5.56 Å². The summed E-state index contributed by atoms with van der Waals surface area (Å²) in [4.78, 5) is 4.56. The molecule has 1 N–H and O–H groups in total. The lowest BCUT2D eigenvalue weighted by Crippen LogP contribution is -1.97. The average molecular weight is 273 g/mol.